The van der Waals surface area contributed by atoms with E-state index in [9.17, 15) is 14.3 Å². The van der Waals surface area contributed by atoms with Crippen LogP contribution in [0.25, 0.3) is 11.3 Å². The van der Waals surface area contributed by atoms with Crippen molar-refractivity contribution in [3.8, 4) is 11.3 Å². The molecule has 6 nitrogen and oxygen atoms in total. The topological polar surface area (TPSA) is 75.8 Å². The van der Waals surface area contributed by atoms with Crippen molar-refractivity contribution in [2.24, 2.45) is 5.92 Å². The van der Waals surface area contributed by atoms with Crippen molar-refractivity contribution in [1.29, 1.82) is 0 Å². The van der Waals surface area contributed by atoms with Gasteiger partial charge >= 0.3 is 5.97 Å². The van der Waals surface area contributed by atoms with Crippen molar-refractivity contribution in [2.45, 2.75) is 64.0 Å². The summed E-state index contributed by atoms with van der Waals surface area (Å²) in [5.41, 5.74) is 4.87. The van der Waals surface area contributed by atoms with Crippen molar-refractivity contribution in [3.63, 3.8) is 0 Å². The predicted molar refractivity (Wildman–Crippen MR) is 134 cm³/mol. The van der Waals surface area contributed by atoms with Crippen molar-refractivity contribution in [1.82, 2.24) is 5.16 Å². The molecule has 3 fully saturated rings. The van der Waals surface area contributed by atoms with Gasteiger partial charge in [0.25, 0.3) is 0 Å². The maximum Gasteiger partial charge on any atom is 0.336 e. The van der Waals surface area contributed by atoms with Crippen LogP contribution in [0.15, 0.2) is 40.9 Å². The van der Waals surface area contributed by atoms with Crippen LogP contribution in [0.1, 0.15) is 64.4 Å². The predicted octanol–water partition coefficient (Wildman–Crippen LogP) is 6.53. The number of aryl methyl sites for hydroxylation is 1. The average molecular weight is 511 g/mol. The highest BCUT2D eigenvalue weighted by Gasteiger charge is 2.46. The smallest absolute Gasteiger partial charge is 0.336 e. The lowest BCUT2D eigenvalue weighted by atomic mass is 10.00. The number of carboxylic acid groups (broad SMARTS) is 1. The molecule has 36 heavy (non-hydrogen) atoms. The fourth-order valence-electron chi connectivity index (χ4n) is 5.95. The molecule has 0 radical (unpaired) electrons. The molecule has 1 aliphatic heterocycles. The van der Waals surface area contributed by atoms with E-state index in [4.69, 9.17) is 20.9 Å². The summed E-state index contributed by atoms with van der Waals surface area (Å²) in [4.78, 5) is 13.6. The molecule has 2 saturated carbocycles. The molecule has 2 heterocycles. The van der Waals surface area contributed by atoms with Gasteiger partial charge in [0.1, 0.15) is 18.1 Å². The Bertz CT molecular complexity index is 1300. The molecule has 2 bridgehead atoms. The van der Waals surface area contributed by atoms with Crippen LogP contribution >= 0.6 is 11.6 Å². The number of rotatable bonds is 8. The van der Waals surface area contributed by atoms with E-state index in [1.165, 1.54) is 6.07 Å². The van der Waals surface area contributed by atoms with Gasteiger partial charge in [-0.25, -0.2) is 9.18 Å². The molecule has 188 valence electrons. The van der Waals surface area contributed by atoms with E-state index in [0.29, 0.717) is 29.5 Å². The van der Waals surface area contributed by atoms with E-state index in [2.05, 4.69) is 10.1 Å². The van der Waals surface area contributed by atoms with E-state index in [1.807, 2.05) is 25.1 Å². The molecule has 1 saturated heterocycles. The standard InChI is InChI=1S/C28H28ClFN2O4/c1-15-3-2-4-23(29)25(15)26-22(27(36-31-26)16-5-6-16)14-35-24-11-20-10-18(24)13-32(20)19-7-8-21(28(33)34)17(9-19)12-30/h2-4,7-9,16,18,20,24H,5-6,10-14H2,1H3,(H,33,34)/t18-,20-,24+/m0/s1. The van der Waals surface area contributed by atoms with Crippen LogP contribution < -0.4 is 4.90 Å². The normalized spacial score (nSPS) is 23.0. The SMILES string of the molecule is Cc1cccc(Cl)c1-c1noc(C2CC2)c1CO[C@@H]1C[C@@H]2C[C@H]1CN2c1ccc(C(=O)O)c(CF)c1. The first-order valence-corrected chi connectivity index (χ1v) is 12.9. The number of fused-ring (bicyclic) bond motifs is 2. The molecular weight excluding hydrogens is 483 g/mol. The fraction of sp³-hybridized carbons (Fsp3) is 0.429. The number of halogens is 2. The molecule has 0 unspecified atom stereocenters. The number of ether oxygens (including phenoxy) is 1. The minimum absolute atomic E-state index is 0.0246. The van der Waals surface area contributed by atoms with Crippen molar-refractivity contribution in [2.75, 3.05) is 11.4 Å². The zero-order chi connectivity index (χ0) is 25.0. The lowest BCUT2D eigenvalue weighted by Gasteiger charge is -2.33. The summed E-state index contributed by atoms with van der Waals surface area (Å²) in [5, 5.41) is 14.4. The second-order valence-electron chi connectivity index (χ2n) is 10.2. The van der Waals surface area contributed by atoms with Crippen LogP contribution in [0.4, 0.5) is 10.1 Å². The summed E-state index contributed by atoms with van der Waals surface area (Å²) < 4.78 is 25.8. The van der Waals surface area contributed by atoms with Gasteiger partial charge < -0.3 is 19.3 Å². The number of benzene rings is 2. The Morgan fingerprint density at radius 3 is 2.78 bits per heavy atom. The van der Waals surface area contributed by atoms with Gasteiger partial charge in [0, 0.05) is 41.2 Å². The number of nitrogens with zero attached hydrogens (tertiary/aromatic N) is 2. The summed E-state index contributed by atoms with van der Waals surface area (Å²) in [6, 6.07) is 11.1. The Labute approximate surface area is 214 Å². The van der Waals surface area contributed by atoms with Crippen LogP contribution in [-0.2, 0) is 18.0 Å². The maximum absolute atomic E-state index is 13.5. The Morgan fingerprint density at radius 2 is 2.11 bits per heavy atom. The van der Waals surface area contributed by atoms with E-state index in [0.717, 1.165) is 66.1 Å². The first-order chi connectivity index (χ1) is 17.4. The van der Waals surface area contributed by atoms with Crippen molar-refractivity contribution >= 4 is 23.3 Å². The fourth-order valence-corrected chi connectivity index (χ4v) is 6.26. The highest BCUT2D eigenvalue weighted by atomic mass is 35.5. The van der Waals surface area contributed by atoms with Gasteiger partial charge in [0.2, 0.25) is 0 Å². The average Bonchev–Trinajstić information content (AvgIpc) is 3.32. The summed E-state index contributed by atoms with van der Waals surface area (Å²) in [6.45, 7) is 2.48. The Balaban J connectivity index is 1.18. The van der Waals surface area contributed by atoms with Crippen LogP contribution in [-0.4, -0.2) is 34.9 Å². The quantitative estimate of drug-likeness (QED) is 0.371. The van der Waals surface area contributed by atoms with Crippen LogP contribution in [0.3, 0.4) is 0 Å². The number of piperidine rings is 1. The summed E-state index contributed by atoms with van der Waals surface area (Å²) in [7, 11) is 0. The molecule has 3 aromatic rings. The highest BCUT2D eigenvalue weighted by molar-refractivity contribution is 6.33. The first kappa shape index (κ1) is 23.5. The molecular formula is C28H28ClFN2O4. The third-order valence-corrected chi connectivity index (χ3v) is 8.25. The summed E-state index contributed by atoms with van der Waals surface area (Å²) in [6.07, 6.45) is 4.21. The van der Waals surface area contributed by atoms with Gasteiger partial charge in [0.05, 0.1) is 23.3 Å². The molecule has 8 heteroatoms. The molecule has 2 aliphatic carbocycles. The largest absolute Gasteiger partial charge is 0.478 e. The second-order valence-corrected chi connectivity index (χ2v) is 10.7. The van der Waals surface area contributed by atoms with Crippen LogP contribution in [0.5, 0.6) is 0 Å². The summed E-state index contributed by atoms with van der Waals surface area (Å²) in [5.74, 6) is 0.585. The molecule has 6 rings (SSSR count). The van der Waals surface area contributed by atoms with E-state index in [-0.39, 0.29) is 17.2 Å². The molecule has 0 amide bonds. The molecule has 3 atom stereocenters. The summed E-state index contributed by atoms with van der Waals surface area (Å²) >= 11 is 6.56. The number of aromatic nitrogens is 1. The highest BCUT2D eigenvalue weighted by Crippen LogP contribution is 2.47. The van der Waals surface area contributed by atoms with E-state index in [1.54, 1.807) is 12.1 Å². The first-order valence-electron chi connectivity index (χ1n) is 12.5. The number of anilines is 1. The third kappa shape index (κ3) is 4.08. The minimum atomic E-state index is -1.10. The lowest BCUT2D eigenvalue weighted by Crippen LogP contribution is -2.38. The Kier molecular flexibility index (Phi) is 6.00. The van der Waals surface area contributed by atoms with Crippen LogP contribution in [0, 0.1) is 12.8 Å². The molecule has 0 spiro atoms. The third-order valence-electron chi connectivity index (χ3n) is 7.94. The molecule has 1 N–H and O–H groups in total. The monoisotopic (exact) mass is 510 g/mol. The van der Waals surface area contributed by atoms with E-state index >= 15 is 0 Å². The van der Waals surface area contributed by atoms with Crippen LogP contribution in [0.2, 0.25) is 5.02 Å². The zero-order valence-electron chi connectivity index (χ0n) is 20.0. The van der Waals surface area contributed by atoms with Gasteiger partial charge in [-0.2, -0.15) is 0 Å². The lowest BCUT2D eigenvalue weighted by molar-refractivity contribution is 0.0122. The van der Waals surface area contributed by atoms with E-state index < -0.39 is 12.6 Å². The number of carbonyl (C=O) groups is 1. The number of hydrogen-bond acceptors (Lipinski definition) is 5. The molecule has 3 aliphatic rings. The number of hydrogen-bond donors (Lipinski definition) is 1. The second kappa shape index (κ2) is 9.20. The van der Waals surface area contributed by atoms with Crippen molar-refractivity contribution < 1.29 is 23.6 Å². The molecule has 1 aromatic heterocycles. The number of alkyl halides is 1. The van der Waals surface area contributed by atoms with Gasteiger partial charge in [-0.15, -0.1) is 0 Å². The van der Waals surface area contributed by atoms with Crippen molar-refractivity contribution in [3.05, 3.63) is 69.4 Å². The Hall–Kier alpha value is -2.90. The number of carboxylic acids is 1. The van der Waals surface area contributed by atoms with Gasteiger partial charge in [-0.1, -0.05) is 28.9 Å². The van der Waals surface area contributed by atoms with Gasteiger partial charge in [0.15, 0.2) is 0 Å². The maximum atomic E-state index is 13.5. The zero-order valence-corrected chi connectivity index (χ0v) is 20.8. The van der Waals surface area contributed by atoms with Gasteiger partial charge in [-0.3, -0.25) is 0 Å². The number of aromatic carboxylic acids is 1. The minimum Gasteiger partial charge on any atom is -0.478 e. The Morgan fingerprint density at radius 1 is 1.28 bits per heavy atom. The molecule has 2 aromatic carbocycles. The van der Waals surface area contributed by atoms with Gasteiger partial charge in [-0.05, 0) is 68.0 Å².